The van der Waals surface area contributed by atoms with Crippen LogP contribution in [-0.4, -0.2) is 29.2 Å². The van der Waals surface area contributed by atoms with Crippen molar-refractivity contribution in [1.82, 2.24) is 0 Å². The molecule has 0 heterocycles. The lowest BCUT2D eigenvalue weighted by molar-refractivity contribution is -0.142. The minimum atomic E-state index is -3.43. The number of carbonyl (C=O) groups is 1. The van der Waals surface area contributed by atoms with Crippen molar-refractivity contribution in [3.05, 3.63) is 23.7 Å². The molecule has 0 fully saturated rings. The molecule has 1 aromatic rings. The number of rotatable bonds is 3. The number of esters is 1. The largest absolute Gasteiger partial charge is 0.504 e. The summed E-state index contributed by atoms with van der Waals surface area (Å²) in [5.74, 6) is -4.43. The van der Waals surface area contributed by atoms with E-state index in [1.54, 1.807) is 0 Å². The summed E-state index contributed by atoms with van der Waals surface area (Å²) in [6, 6.07) is -6.78. The van der Waals surface area contributed by atoms with Crippen LogP contribution in [0.4, 0.5) is 0 Å². The number of hydrogen-bond donors (Lipinski definition) is 3. The highest BCUT2D eigenvalue weighted by atomic mass is 16.5. The van der Waals surface area contributed by atoms with Gasteiger partial charge in [-0.1, -0.05) is 6.04 Å². The van der Waals surface area contributed by atoms with E-state index < -0.39 is 60.6 Å². The van der Waals surface area contributed by atoms with Crippen molar-refractivity contribution in [1.29, 1.82) is 0 Å². The number of methoxy groups -OCH3 is 1. The van der Waals surface area contributed by atoms with E-state index in [0.29, 0.717) is 0 Å². The van der Waals surface area contributed by atoms with Crippen LogP contribution in [0.5, 0.6) is 11.5 Å². The Labute approximate surface area is 99.7 Å². The van der Waals surface area contributed by atoms with Gasteiger partial charge in [0.15, 0.2) is 11.5 Å². The Morgan fingerprint density at radius 2 is 2.53 bits per heavy atom. The number of hydrogen-bond acceptors (Lipinski definition) is 5. The molecule has 5 heteroatoms. The Hall–Kier alpha value is -1.75. The van der Waals surface area contributed by atoms with Gasteiger partial charge in [-0.25, -0.2) is 0 Å². The maximum Gasteiger partial charge on any atom is 0.322 e. The Morgan fingerprint density at radius 1 is 1.80 bits per heavy atom. The van der Waals surface area contributed by atoms with Gasteiger partial charge in [0, 0.05) is 2.74 Å². The average molecular weight is 220 g/mol. The summed E-state index contributed by atoms with van der Waals surface area (Å²) in [5, 5.41) is 18.9. The first-order valence-electron chi connectivity index (χ1n) is 8.10. The fraction of sp³-hybridized carbons (Fsp3) is 0.300. The third-order valence-electron chi connectivity index (χ3n) is 1.35. The van der Waals surface area contributed by atoms with Crippen molar-refractivity contribution in [3.8, 4) is 11.5 Å². The molecule has 0 unspecified atom stereocenters. The fourth-order valence-corrected chi connectivity index (χ4v) is 0.693. The zero-order valence-electron chi connectivity index (χ0n) is 16.3. The van der Waals surface area contributed by atoms with E-state index >= 15 is 0 Å². The number of phenols is 2. The molecule has 0 aliphatic carbocycles. The van der Waals surface area contributed by atoms with Gasteiger partial charge in [-0.3, -0.25) is 4.79 Å². The first-order valence-corrected chi connectivity index (χ1v) is 3.60. The van der Waals surface area contributed by atoms with E-state index in [0.717, 1.165) is 0 Å². The molecule has 0 aromatic heterocycles. The molecule has 0 saturated carbocycles. The molecule has 1 aromatic carbocycles. The van der Waals surface area contributed by atoms with E-state index in [1.165, 1.54) is 0 Å². The first-order chi connectivity index (χ1) is 10.6. The molecule has 1 rings (SSSR count). The number of aromatic hydroxyl groups is 2. The maximum atomic E-state index is 11.7. The summed E-state index contributed by atoms with van der Waals surface area (Å²) in [5.41, 5.74) is 4.10. The third-order valence-corrected chi connectivity index (χ3v) is 1.35. The molecule has 1 atom stereocenters. The van der Waals surface area contributed by atoms with Gasteiger partial charge in [0.2, 0.25) is 0 Å². The van der Waals surface area contributed by atoms with Crippen LogP contribution in [0.3, 0.4) is 0 Å². The molecule has 0 saturated heterocycles. The molecule has 0 amide bonds. The van der Waals surface area contributed by atoms with E-state index in [-0.39, 0.29) is 0 Å². The van der Waals surface area contributed by atoms with Gasteiger partial charge in [-0.15, -0.1) is 0 Å². The molecular formula is C10H13NO4. The summed E-state index contributed by atoms with van der Waals surface area (Å²) < 4.78 is 70.1. The van der Waals surface area contributed by atoms with Crippen LogP contribution in [0.15, 0.2) is 18.1 Å². The van der Waals surface area contributed by atoms with Crippen molar-refractivity contribution in [2.75, 3.05) is 7.04 Å². The van der Waals surface area contributed by atoms with Gasteiger partial charge in [0.1, 0.15) is 6.02 Å². The molecular weight excluding hydrogens is 198 g/mol. The van der Waals surface area contributed by atoms with E-state index in [2.05, 4.69) is 4.74 Å². The third kappa shape index (κ3) is 2.85. The van der Waals surface area contributed by atoms with Gasteiger partial charge in [-0.05, 0) is 24.0 Å². The zero-order chi connectivity index (χ0) is 19.2. The predicted molar refractivity (Wildman–Crippen MR) is 53.5 cm³/mol. The lowest BCUT2D eigenvalue weighted by Gasteiger charge is -2.09. The number of benzene rings is 1. The minimum Gasteiger partial charge on any atom is -0.504 e. The van der Waals surface area contributed by atoms with Crippen molar-refractivity contribution in [2.45, 2.75) is 12.4 Å². The van der Waals surface area contributed by atoms with Gasteiger partial charge >= 0.3 is 5.97 Å². The van der Waals surface area contributed by atoms with E-state index in [4.69, 9.17) is 18.1 Å². The van der Waals surface area contributed by atoms with Gasteiger partial charge in [0.25, 0.3) is 0 Å². The molecule has 0 bridgehead atoms. The second kappa shape index (κ2) is 4.65. The van der Waals surface area contributed by atoms with Crippen LogP contribution in [0.2, 0.25) is 0 Å². The molecule has 0 spiro atoms. The highest BCUT2D eigenvalue weighted by molar-refractivity contribution is 5.75. The van der Waals surface area contributed by atoms with Gasteiger partial charge < -0.3 is 20.7 Å². The van der Waals surface area contributed by atoms with Crippen LogP contribution in [0.25, 0.3) is 0 Å². The highest BCUT2D eigenvalue weighted by Crippen LogP contribution is 2.25. The minimum absolute atomic E-state index is 1.07. The van der Waals surface area contributed by atoms with Crippen molar-refractivity contribution >= 4 is 5.97 Å². The second-order valence-corrected chi connectivity index (χ2v) is 2.38. The van der Waals surface area contributed by atoms with Crippen molar-refractivity contribution < 1.29 is 32.1 Å². The van der Waals surface area contributed by atoms with Gasteiger partial charge in [0.05, 0.1) is 16.6 Å². The monoisotopic (exact) mass is 220 g/mol. The lowest BCUT2D eigenvalue weighted by atomic mass is 10.1. The summed E-state index contributed by atoms with van der Waals surface area (Å²) >= 11 is 0. The second-order valence-electron chi connectivity index (χ2n) is 2.38. The van der Waals surface area contributed by atoms with Crippen LogP contribution < -0.4 is 5.73 Å². The first kappa shape index (κ1) is 4.02. The predicted octanol–water partition coefficient (Wildman–Crippen LogP) is 0.141. The van der Waals surface area contributed by atoms with Crippen LogP contribution in [-0.2, 0) is 15.9 Å². The molecule has 0 aliphatic heterocycles. The maximum absolute atomic E-state index is 11.7. The Morgan fingerprint density at radius 3 is 3.20 bits per heavy atom. The Balaban J connectivity index is 3.58. The SMILES string of the molecule is [2H]c1c([2H])c(C([2H])([2H])[C@]([2H])(N)C(=O)OC([2H])([2H])[2H])c([2H])c(O)c1O. The summed E-state index contributed by atoms with van der Waals surface area (Å²) in [7, 11) is -3.32. The number of ether oxygens (including phenoxy) is 1. The van der Waals surface area contributed by atoms with E-state index in [9.17, 15) is 15.0 Å². The van der Waals surface area contributed by atoms with Crippen molar-refractivity contribution in [2.24, 2.45) is 5.73 Å². The van der Waals surface area contributed by atoms with Crippen molar-refractivity contribution in [3.63, 3.8) is 0 Å². The standard InChI is InChI=1S/C10H13NO4/c1-15-10(14)7(11)4-6-2-3-8(12)9(13)5-6/h2-3,5,7,12-13H,4,11H2,1H3/t7-/m0/s1/i1D3,2D,3D,4D2,5D,7D. The van der Waals surface area contributed by atoms with E-state index in [1.807, 2.05) is 0 Å². The van der Waals surface area contributed by atoms with Crippen LogP contribution >= 0.6 is 0 Å². The number of carbonyl (C=O) groups excluding carboxylic acids is 1. The average Bonchev–Trinajstić information content (AvgIpc) is 2.40. The quantitative estimate of drug-likeness (QED) is 0.497. The molecule has 5 nitrogen and oxygen atoms in total. The normalized spacial score (nSPS) is 24.7. The van der Waals surface area contributed by atoms with Gasteiger partial charge in [-0.2, -0.15) is 0 Å². The summed E-state index contributed by atoms with van der Waals surface area (Å²) in [4.78, 5) is 11.7. The topological polar surface area (TPSA) is 92.8 Å². The molecule has 4 N–H and O–H groups in total. The zero-order valence-corrected chi connectivity index (χ0v) is 7.29. The summed E-state index contributed by atoms with van der Waals surface area (Å²) in [6.07, 6.45) is -3.41. The molecule has 15 heavy (non-hydrogen) atoms. The van der Waals surface area contributed by atoms with Crippen LogP contribution in [0.1, 0.15) is 17.9 Å². The Kier molecular flexibility index (Phi) is 1.25. The highest BCUT2D eigenvalue weighted by Gasteiger charge is 2.14. The molecule has 0 radical (unpaired) electrons. The van der Waals surface area contributed by atoms with Crippen LogP contribution in [0, 0.1) is 0 Å². The number of nitrogens with two attached hydrogens (primary N) is 1. The molecule has 82 valence electrons. The Bertz CT molecular complexity index is 657. The number of phenolic OH excluding ortho intramolecular Hbond substituents is 2. The fourth-order valence-electron chi connectivity index (χ4n) is 0.693. The lowest BCUT2D eigenvalue weighted by Crippen LogP contribution is -2.33. The summed E-state index contributed by atoms with van der Waals surface area (Å²) in [6.45, 7) is 0. The molecule has 0 aliphatic rings. The smallest absolute Gasteiger partial charge is 0.322 e.